The Labute approximate surface area is 384 Å². The first-order chi connectivity index (χ1) is 49.4. The normalized spacial score (nSPS) is 47.8. The van der Waals surface area contributed by atoms with Gasteiger partial charge in [-0.25, -0.2) is 0 Å². The van der Waals surface area contributed by atoms with Crippen LogP contribution in [0.5, 0.6) is 0 Å². The maximum atomic E-state index is 14.4. The Morgan fingerprint density at radius 3 is 1.57 bits per heavy atom. The van der Waals surface area contributed by atoms with E-state index in [2.05, 4.69) is 18.5 Å². The molecule has 2 unspecified atom stereocenters. The van der Waals surface area contributed by atoms with Gasteiger partial charge in [-0.15, -0.1) is 0 Å². The smallest absolute Gasteiger partial charge is 0.306 e. The predicted molar refractivity (Wildman–Crippen MR) is 185 cm³/mol. The Hall–Kier alpha value is -0.990. The van der Waals surface area contributed by atoms with Gasteiger partial charge < -0.3 is 27.9 Å². The second kappa shape index (κ2) is 30.1. The van der Waals surface area contributed by atoms with Crippen LogP contribution in [0, 0.1) is 0 Å². The third-order valence-corrected chi connectivity index (χ3v) is 3.26. The lowest BCUT2D eigenvalue weighted by molar-refractivity contribution is -0.870. The van der Waals surface area contributed by atoms with Crippen LogP contribution in [-0.2, 0) is 32.7 Å². The van der Waals surface area contributed by atoms with Crippen molar-refractivity contribution in [2.24, 2.45) is 0 Å². The summed E-state index contributed by atoms with van der Waals surface area (Å²) >= 11 is 0. The summed E-state index contributed by atoms with van der Waals surface area (Å²) in [4.78, 5) is 42.3. The lowest BCUT2D eigenvalue weighted by Crippen LogP contribution is -2.37. The van der Waals surface area contributed by atoms with Gasteiger partial charge in [-0.05, 0) is 12.7 Å². The molecule has 0 rings (SSSR count). The van der Waals surface area contributed by atoms with Crippen molar-refractivity contribution in [1.82, 2.24) is 0 Å². The highest BCUT2D eigenvalue weighted by Crippen LogP contribution is 2.38. The Balaban J connectivity index is 9.46. The molecule has 274 valence electrons. The predicted octanol–water partition coefficient (Wildman–Crippen LogP) is 9.05. The molecule has 0 N–H and O–H groups in total. The highest BCUT2D eigenvalue weighted by molar-refractivity contribution is 7.45. The van der Waals surface area contributed by atoms with Crippen molar-refractivity contribution in [1.29, 1.82) is 0 Å². The first-order valence-corrected chi connectivity index (χ1v) is 12.0. The highest BCUT2D eigenvalue weighted by Gasteiger charge is 2.21. The molecule has 0 aromatic carbocycles. The molecule has 9 nitrogen and oxygen atoms in total. The lowest BCUT2D eigenvalue weighted by atomic mass is 10.1. The van der Waals surface area contributed by atoms with Crippen LogP contribution >= 0.6 is 7.82 Å². The van der Waals surface area contributed by atoms with Gasteiger partial charge in [0.25, 0.3) is 7.82 Å². The Kier molecular flexibility index (Phi) is 4.24. The van der Waals surface area contributed by atoms with Crippen molar-refractivity contribution < 1.29 is 141 Å². The number of hydrogen-bond donors (Lipinski definition) is 0. The molecule has 0 fully saturated rings. The topological polar surface area (TPSA) is 111 Å². The number of phosphoric acid groups is 1. The summed E-state index contributed by atoms with van der Waals surface area (Å²) in [5, 5.41) is 0. The van der Waals surface area contributed by atoms with Gasteiger partial charge in [0, 0.05) is 86.8 Å². The number of phosphoric ester groups is 1. The quantitative estimate of drug-likeness (QED) is 0.0364. The van der Waals surface area contributed by atoms with Crippen LogP contribution in [0.2, 0.25) is 0 Å². The molecule has 0 spiro atoms. The van der Waals surface area contributed by atoms with E-state index in [-0.39, 0.29) is 0 Å². The van der Waals surface area contributed by atoms with E-state index in [4.69, 9.17) is 98.7 Å². The van der Waals surface area contributed by atoms with E-state index >= 15 is 0 Å². The van der Waals surface area contributed by atoms with E-state index in [0.29, 0.717) is 0 Å². The van der Waals surface area contributed by atoms with Crippen molar-refractivity contribution in [3.8, 4) is 0 Å². The largest absolute Gasteiger partial charge is 0.756 e. The zero-order valence-corrected chi connectivity index (χ0v) is 23.1. The molecule has 0 aliphatic heterocycles. The summed E-state index contributed by atoms with van der Waals surface area (Å²) < 4.78 is 611. The average molecular weight is 750 g/mol. The summed E-state index contributed by atoms with van der Waals surface area (Å²) in [5.74, 6) is -8.06. The Bertz CT molecular complexity index is 3670. The number of hydrogen-bond acceptors (Lipinski definition) is 8. The van der Waals surface area contributed by atoms with Gasteiger partial charge in [0.15, 0.2) is 6.08 Å². The van der Waals surface area contributed by atoms with E-state index < -0.39 is 244 Å². The third kappa shape index (κ3) is 32.9. The number of quaternary nitrogens is 1. The number of nitrogens with zero attached hydrogens (tertiary/aromatic N) is 1. The minimum atomic E-state index is -8.28. The Morgan fingerprint density at radius 2 is 1.11 bits per heavy atom. The van der Waals surface area contributed by atoms with Crippen LogP contribution < -0.4 is 4.89 Å². The van der Waals surface area contributed by atoms with Crippen molar-refractivity contribution in [3.63, 3.8) is 0 Å². The molecule has 0 heterocycles. The number of likely N-dealkylation sites (N-methyl/N-ethyl adjacent to an activating group) is 1. The highest BCUT2D eigenvalue weighted by atomic mass is 31.2. The van der Waals surface area contributed by atoms with Gasteiger partial charge in [0.2, 0.25) is 0 Å². The fraction of sp³-hybridized carbons (Fsp3) is 0.944. The van der Waals surface area contributed by atoms with Gasteiger partial charge in [0.1, 0.15) is 19.6 Å². The van der Waals surface area contributed by atoms with Gasteiger partial charge in [-0.2, -0.15) is 0 Å². The minimum absolute atomic E-state index is 3.69. The molecular formula is C36H72NO8P. The van der Waals surface area contributed by atoms with Gasteiger partial charge in [-0.3, -0.25) is 14.2 Å². The molecule has 0 amide bonds. The zero-order chi connectivity index (χ0) is 98.0. The number of carbonyl (C=O) groups is 2. The zero-order valence-electron chi connectivity index (χ0n) is 94.2. The molecule has 0 radical (unpaired) electrons. The van der Waals surface area contributed by atoms with Gasteiger partial charge in [-0.1, -0.05) is 141 Å². The van der Waals surface area contributed by atoms with Crippen molar-refractivity contribution in [2.45, 2.75) is 173 Å². The van der Waals surface area contributed by atoms with Crippen molar-refractivity contribution >= 4 is 19.8 Å². The summed E-state index contributed by atoms with van der Waals surface area (Å²) in [5.41, 5.74) is 0. The second-order valence-electron chi connectivity index (χ2n) is 5.83. The molecule has 46 heavy (non-hydrogen) atoms. The summed E-state index contributed by atoms with van der Waals surface area (Å²) in [6.07, 6.45) is -139. The minimum Gasteiger partial charge on any atom is -0.756 e. The molecule has 0 aromatic heterocycles. The number of rotatable bonds is 34. The molecule has 10 heteroatoms. The van der Waals surface area contributed by atoms with E-state index in [9.17, 15) is 19.0 Å². The molecule has 0 bridgehead atoms. The van der Waals surface area contributed by atoms with Crippen molar-refractivity contribution in [3.05, 3.63) is 0 Å². The maximum Gasteiger partial charge on any atom is 0.306 e. The first-order valence-electron chi connectivity index (χ1n) is 46.5. The maximum absolute atomic E-state index is 14.4. The molecule has 2 atom stereocenters. The molecule has 0 aromatic rings. The van der Waals surface area contributed by atoms with E-state index in [0.717, 1.165) is 0 Å². The fourth-order valence-electron chi connectivity index (χ4n) is 1.29. The van der Waals surface area contributed by atoms with Crippen LogP contribution in [0.3, 0.4) is 0 Å². The van der Waals surface area contributed by atoms with E-state index in [1.54, 1.807) is 0 Å². The molecule has 0 aliphatic carbocycles. The summed E-state index contributed by atoms with van der Waals surface area (Å²) in [7, 11) is -8.28. The average Bonchev–Trinajstić information content (AvgIpc) is 0.681. The van der Waals surface area contributed by atoms with Crippen LogP contribution in [0.4, 0.5) is 0 Å². The van der Waals surface area contributed by atoms with Crippen LogP contribution in [0.1, 0.15) is 265 Å². The molecular weight excluding hydrogens is 605 g/mol. The van der Waals surface area contributed by atoms with Crippen LogP contribution in [0.15, 0.2) is 0 Å². The SMILES string of the molecule is [2H]C([2H])([2H])C([2H])([2H])C([2H])([2H])C([2H])([2H])C([2H])([2H])C([2H])([2H])C([2H])([2H])C([2H])([2H])C([2H])([2H])C([2H])([2H])C([2H])([2H])C([2H])([2H])C([2H])([2H])C(=O)OC([2H])([2H])C([2H])(OC(=O)C([2H])([2H])C([2H])([2H])C([2H])([2H])C([2H])([2H])C([2H])([2H])C([2H])([2H])C([2H])([2H])C([2H])([2H])C([2H])([2H])C([2H])([2H])C([2H])([2H])C([2H])([2H])C([2H])([2H])[2H])C([2H])([2H])OP(=O)([O-])OC([2H])([2H])C([2H])([2H])[N+](C([2H])([2H])[2H])(C([2H])([2H])[2H])C([2H])([2H])[2H]. The monoisotopic (exact) mass is 750 g/mol. The number of esters is 2. The van der Waals surface area contributed by atoms with E-state index in [1.807, 2.05) is 0 Å². The van der Waals surface area contributed by atoms with Crippen molar-refractivity contribution in [2.75, 3.05) is 47.1 Å². The van der Waals surface area contributed by atoms with Gasteiger partial charge in [0.05, 0.1) is 52.2 Å². The van der Waals surface area contributed by atoms with Crippen LogP contribution in [-0.4, -0.2) is 69.6 Å². The van der Waals surface area contributed by atoms with E-state index in [1.165, 1.54) is 0 Å². The van der Waals surface area contributed by atoms with Gasteiger partial charge >= 0.3 is 11.9 Å². The second-order valence-corrected chi connectivity index (χ2v) is 7.09. The standard InChI is InChI=1S/C36H72NO8P/c1-6-8-10-12-14-16-18-20-22-24-26-28-35(38)42-32-34(33-44-46(40,41)43-31-30-37(3,4)5)45-36(39)29-27-25-23-21-19-17-15-13-11-9-7-2/h34H,6-33H2,1-5H3/i1D3,2D3,3D3,4D3,5D3,6D2,7D2,8D2,9D2,10D2,11D2,12D2,13D2,14D2,15D2,16D2,17D2,18D2,19D2,20D2,21D2,22D2,23D2,24D2,25D2,26D2,27D2,28D2,29D2,30D2,31D2,32D2,33D2,34D. The molecule has 0 saturated carbocycles. The summed E-state index contributed by atoms with van der Waals surface area (Å²) in [6.45, 7) is -47.7. The Morgan fingerprint density at radius 1 is 0.674 bits per heavy atom. The first kappa shape index (κ1) is 6.48. The molecule has 0 aliphatic rings. The number of ether oxygens (including phenoxy) is 2. The summed E-state index contributed by atoms with van der Waals surface area (Å²) in [6, 6.07) is 0. The molecule has 0 saturated heterocycles. The lowest BCUT2D eigenvalue weighted by Gasteiger charge is -2.28. The van der Waals surface area contributed by atoms with Crippen LogP contribution in [0.25, 0.3) is 0 Å². The number of carbonyl (C=O) groups excluding carboxylic acids is 2. The fourth-order valence-corrected chi connectivity index (χ4v) is 1.67. The third-order valence-electron chi connectivity index (χ3n) is 2.63.